The molecular weight excluding hydrogens is 268 g/mol. The summed E-state index contributed by atoms with van der Waals surface area (Å²) in [5.74, 6) is 1.20. The number of fused-ring (bicyclic) bond motifs is 1. The minimum atomic E-state index is 0.519. The summed E-state index contributed by atoms with van der Waals surface area (Å²) in [4.78, 5) is 15.9. The molecule has 0 saturated carbocycles. The second kappa shape index (κ2) is 5.76. The van der Waals surface area contributed by atoms with Crippen LogP contribution >= 0.6 is 0 Å². The van der Waals surface area contributed by atoms with Crippen molar-refractivity contribution in [3.05, 3.63) is 36.2 Å². The van der Waals surface area contributed by atoms with Gasteiger partial charge in [0.2, 0.25) is 5.95 Å². The number of rotatable bonds is 5. The number of hydrogen-bond acceptors (Lipinski definition) is 6. The second-order valence-corrected chi connectivity index (χ2v) is 4.51. The van der Waals surface area contributed by atoms with Crippen molar-refractivity contribution >= 4 is 28.6 Å². The molecule has 7 nitrogen and oxygen atoms in total. The van der Waals surface area contributed by atoms with E-state index < -0.39 is 0 Å². The van der Waals surface area contributed by atoms with Gasteiger partial charge in [-0.2, -0.15) is 9.97 Å². The fourth-order valence-electron chi connectivity index (χ4n) is 2.08. The molecule has 0 saturated heterocycles. The quantitative estimate of drug-likeness (QED) is 0.666. The van der Waals surface area contributed by atoms with E-state index in [4.69, 9.17) is 4.74 Å². The number of aromatic nitrogens is 4. The maximum atomic E-state index is 5.15. The van der Waals surface area contributed by atoms with Crippen molar-refractivity contribution in [1.29, 1.82) is 0 Å². The van der Waals surface area contributed by atoms with Crippen molar-refractivity contribution < 1.29 is 4.74 Å². The lowest BCUT2D eigenvalue weighted by atomic mass is 10.2. The molecule has 3 N–H and O–H groups in total. The Hall–Kier alpha value is -2.67. The number of nitrogens with one attached hydrogen (secondary N) is 3. The predicted octanol–water partition coefficient (Wildman–Crippen LogP) is 2.28. The number of methoxy groups -OCH3 is 1. The van der Waals surface area contributed by atoms with Gasteiger partial charge in [-0.3, -0.25) is 0 Å². The Bertz CT molecular complexity index is 754. The van der Waals surface area contributed by atoms with E-state index in [2.05, 4.69) is 30.6 Å². The molecule has 2 aromatic heterocycles. The highest BCUT2D eigenvalue weighted by Crippen LogP contribution is 2.23. The van der Waals surface area contributed by atoms with Gasteiger partial charge in [-0.1, -0.05) is 12.1 Å². The van der Waals surface area contributed by atoms with Crippen LogP contribution in [0.3, 0.4) is 0 Å². The van der Waals surface area contributed by atoms with Crippen LogP contribution in [0.5, 0.6) is 0 Å². The summed E-state index contributed by atoms with van der Waals surface area (Å²) in [6.45, 7) is 0.570. The van der Waals surface area contributed by atoms with Gasteiger partial charge in [-0.05, 0) is 17.7 Å². The molecule has 0 bridgehead atoms. The lowest BCUT2D eigenvalue weighted by Crippen LogP contribution is -2.02. The first-order valence-corrected chi connectivity index (χ1v) is 6.54. The zero-order chi connectivity index (χ0) is 14.7. The molecule has 7 heteroatoms. The summed E-state index contributed by atoms with van der Waals surface area (Å²) in [5, 5.41) is 6.22. The largest absolute Gasteiger partial charge is 0.380 e. The highest BCUT2D eigenvalue weighted by molar-refractivity contribution is 5.86. The number of hydrogen-bond donors (Lipinski definition) is 3. The molecule has 0 amide bonds. The van der Waals surface area contributed by atoms with E-state index in [0.29, 0.717) is 24.0 Å². The van der Waals surface area contributed by atoms with E-state index in [9.17, 15) is 0 Å². The van der Waals surface area contributed by atoms with Crippen LogP contribution in [0.1, 0.15) is 5.56 Å². The normalized spacial score (nSPS) is 10.8. The minimum absolute atomic E-state index is 0.519. The standard InChI is InChI=1S/C14H16N6O/c1-15-14-19-12-11(16-8-17-12)13(20-14)18-10-5-3-4-9(6-10)7-21-2/h3-6,8H,7H2,1-2H3,(H3,15,16,17,18,19,20). The summed E-state index contributed by atoms with van der Waals surface area (Å²) < 4.78 is 5.15. The zero-order valence-corrected chi connectivity index (χ0v) is 11.8. The summed E-state index contributed by atoms with van der Waals surface area (Å²) in [6, 6.07) is 7.98. The van der Waals surface area contributed by atoms with E-state index in [1.165, 1.54) is 0 Å². The van der Waals surface area contributed by atoms with Crippen LogP contribution in [-0.4, -0.2) is 34.1 Å². The molecule has 0 aliphatic rings. The highest BCUT2D eigenvalue weighted by atomic mass is 16.5. The van der Waals surface area contributed by atoms with Gasteiger partial charge in [0.05, 0.1) is 12.9 Å². The molecule has 0 aliphatic heterocycles. The van der Waals surface area contributed by atoms with Crippen molar-refractivity contribution in [3.8, 4) is 0 Å². The zero-order valence-electron chi connectivity index (χ0n) is 11.8. The third kappa shape index (κ3) is 2.77. The average molecular weight is 284 g/mol. The molecule has 108 valence electrons. The number of anilines is 3. The molecule has 1 aromatic carbocycles. The molecule has 0 aliphatic carbocycles. The Morgan fingerprint density at radius 1 is 1.29 bits per heavy atom. The van der Waals surface area contributed by atoms with Gasteiger partial charge in [0.1, 0.15) is 5.52 Å². The van der Waals surface area contributed by atoms with Crippen molar-refractivity contribution in [2.75, 3.05) is 24.8 Å². The van der Waals surface area contributed by atoms with Gasteiger partial charge in [0.25, 0.3) is 0 Å². The van der Waals surface area contributed by atoms with Crippen molar-refractivity contribution in [3.63, 3.8) is 0 Å². The highest BCUT2D eigenvalue weighted by Gasteiger charge is 2.09. The molecule has 0 radical (unpaired) electrons. The third-order valence-electron chi connectivity index (χ3n) is 3.01. The molecule has 0 atom stereocenters. The Balaban J connectivity index is 1.97. The van der Waals surface area contributed by atoms with Crippen LogP contribution in [-0.2, 0) is 11.3 Å². The van der Waals surface area contributed by atoms with Gasteiger partial charge >= 0.3 is 0 Å². The number of nitrogens with zero attached hydrogens (tertiary/aromatic N) is 3. The monoisotopic (exact) mass is 284 g/mol. The van der Waals surface area contributed by atoms with Crippen LogP contribution < -0.4 is 10.6 Å². The van der Waals surface area contributed by atoms with Crippen molar-refractivity contribution in [2.45, 2.75) is 6.61 Å². The fraction of sp³-hybridized carbons (Fsp3) is 0.214. The maximum Gasteiger partial charge on any atom is 0.226 e. The Morgan fingerprint density at radius 2 is 2.19 bits per heavy atom. The Morgan fingerprint density at radius 3 is 3.00 bits per heavy atom. The van der Waals surface area contributed by atoms with Crippen LogP contribution in [0.15, 0.2) is 30.6 Å². The molecule has 3 aromatic rings. The smallest absolute Gasteiger partial charge is 0.226 e. The number of imidazole rings is 1. The first kappa shape index (κ1) is 13.3. The van der Waals surface area contributed by atoms with Crippen molar-refractivity contribution in [1.82, 2.24) is 19.9 Å². The lowest BCUT2D eigenvalue weighted by Gasteiger charge is -2.09. The van der Waals surface area contributed by atoms with Gasteiger partial charge < -0.3 is 20.4 Å². The molecule has 0 spiro atoms. The van der Waals surface area contributed by atoms with Gasteiger partial charge in [0.15, 0.2) is 11.5 Å². The molecular formula is C14H16N6O. The summed E-state index contributed by atoms with van der Waals surface area (Å²) in [5.41, 5.74) is 3.41. The van der Waals surface area contributed by atoms with Crippen LogP contribution in [0.4, 0.5) is 17.5 Å². The predicted molar refractivity (Wildman–Crippen MR) is 81.7 cm³/mol. The van der Waals surface area contributed by atoms with Gasteiger partial charge in [-0.25, -0.2) is 4.98 Å². The van der Waals surface area contributed by atoms with E-state index >= 15 is 0 Å². The summed E-state index contributed by atoms with van der Waals surface area (Å²) in [7, 11) is 3.45. The first-order valence-electron chi connectivity index (χ1n) is 6.54. The summed E-state index contributed by atoms with van der Waals surface area (Å²) >= 11 is 0. The summed E-state index contributed by atoms with van der Waals surface area (Å²) in [6.07, 6.45) is 1.60. The number of benzene rings is 1. The molecule has 0 unspecified atom stereocenters. The van der Waals surface area contributed by atoms with Crippen molar-refractivity contribution in [2.24, 2.45) is 0 Å². The van der Waals surface area contributed by atoms with E-state index in [1.54, 1.807) is 20.5 Å². The lowest BCUT2D eigenvalue weighted by molar-refractivity contribution is 0.185. The fourth-order valence-corrected chi connectivity index (χ4v) is 2.08. The topological polar surface area (TPSA) is 87.8 Å². The average Bonchev–Trinajstić information content (AvgIpc) is 2.96. The number of ether oxygens (including phenoxy) is 1. The van der Waals surface area contributed by atoms with Crippen LogP contribution in [0.2, 0.25) is 0 Å². The number of aromatic amines is 1. The Labute approximate surface area is 121 Å². The van der Waals surface area contributed by atoms with E-state index in [-0.39, 0.29) is 0 Å². The van der Waals surface area contributed by atoms with Gasteiger partial charge in [0, 0.05) is 19.8 Å². The third-order valence-corrected chi connectivity index (χ3v) is 3.01. The number of H-pyrrole nitrogens is 1. The SMILES string of the molecule is CNc1nc(Nc2cccc(COC)c2)c2[nH]cnc2n1. The second-order valence-electron chi connectivity index (χ2n) is 4.51. The molecule has 3 rings (SSSR count). The molecule has 0 fully saturated rings. The minimum Gasteiger partial charge on any atom is -0.380 e. The first-order chi connectivity index (χ1) is 10.3. The van der Waals surface area contributed by atoms with E-state index in [0.717, 1.165) is 16.8 Å². The van der Waals surface area contributed by atoms with Crippen LogP contribution in [0.25, 0.3) is 11.2 Å². The van der Waals surface area contributed by atoms with E-state index in [1.807, 2.05) is 24.3 Å². The van der Waals surface area contributed by atoms with Gasteiger partial charge in [-0.15, -0.1) is 0 Å². The van der Waals surface area contributed by atoms with Crippen LogP contribution in [0, 0.1) is 0 Å². The molecule has 21 heavy (non-hydrogen) atoms. The Kier molecular flexibility index (Phi) is 3.65. The maximum absolute atomic E-state index is 5.15. The molecule has 2 heterocycles.